The average Bonchev–Trinajstić information content (AvgIpc) is 3.64. The molecule has 2 bridgehead atoms. The number of hydrogen-bond donors (Lipinski definition) is 7. The molecule has 18 nitrogen and oxygen atoms in total. The van der Waals surface area contributed by atoms with Crippen LogP contribution in [-0.2, 0) is 40.3 Å². The Morgan fingerprint density at radius 1 is 1.24 bits per heavy atom. The SMILES string of the molecule is CC1(C)[C@H](NC(=O)/C(=N\O[C@](C)(C(=O)O)[C@H]2CCc3cc(C(=N)N[C@H]4C[C@H]5CC[C@@H](C4)N5)ccc3O2)c2csc(N)n2)C(=O)N1OS(=O)(=O)O. The monoisotopic (exact) mass is 734 g/mol. The second kappa shape index (κ2) is 13.1. The Hall–Kier alpha value is -4.37. The molecule has 3 fully saturated rings. The molecule has 0 saturated carbocycles. The standard InChI is InChI=1S/C30H38N8O10S2/c1-29(2)23(26(40)38(29)48-50(43,44)45)36-25(39)22(19-13-49-28(32)35-19)37-47-30(3,27(41)42)21-9-5-14-10-15(4-8-20(14)46-21)24(31)34-18-11-16-6-7-17(12-18)33-16/h4,8,10,13,16-18,21,23,33H,5-7,9,11-12H2,1-3H3,(H2,31,34)(H2,32,35)(H,36,39)(H,41,42)(H,43,44,45)/b37-22-/t16-,17+,18+,21-,23-,30+/m1/s1. The molecular weight excluding hydrogens is 697 g/mol. The second-order valence-electron chi connectivity index (χ2n) is 13.5. The molecule has 270 valence electrons. The number of thiazole rings is 1. The van der Waals surface area contributed by atoms with Crippen LogP contribution in [0.25, 0.3) is 0 Å². The number of rotatable bonds is 11. The van der Waals surface area contributed by atoms with Crippen molar-refractivity contribution in [3.05, 3.63) is 40.4 Å². The minimum Gasteiger partial charge on any atom is -0.485 e. The number of fused-ring (bicyclic) bond motifs is 3. The van der Waals surface area contributed by atoms with E-state index in [1.807, 2.05) is 6.07 Å². The highest BCUT2D eigenvalue weighted by Gasteiger charge is 2.58. The molecule has 1 aromatic carbocycles. The highest BCUT2D eigenvalue weighted by molar-refractivity contribution is 7.80. The molecule has 2 amide bonds. The van der Waals surface area contributed by atoms with E-state index in [1.165, 1.54) is 26.2 Å². The van der Waals surface area contributed by atoms with Gasteiger partial charge >= 0.3 is 16.4 Å². The van der Waals surface area contributed by atoms with Crippen LogP contribution in [-0.4, -0.2) is 98.9 Å². The predicted molar refractivity (Wildman–Crippen MR) is 178 cm³/mol. The van der Waals surface area contributed by atoms with Gasteiger partial charge < -0.3 is 36.4 Å². The number of piperidine rings is 1. The number of carboxylic acids is 1. The number of nitrogens with one attached hydrogen (secondary N) is 4. The van der Waals surface area contributed by atoms with Gasteiger partial charge in [-0.2, -0.15) is 13.5 Å². The molecule has 0 aliphatic carbocycles. The van der Waals surface area contributed by atoms with E-state index in [1.54, 1.807) is 12.1 Å². The van der Waals surface area contributed by atoms with Gasteiger partial charge in [0.1, 0.15) is 23.3 Å². The van der Waals surface area contributed by atoms with Gasteiger partial charge in [-0.1, -0.05) is 5.16 Å². The quantitative estimate of drug-likeness (QED) is 0.0552. The number of nitrogen functional groups attached to an aromatic ring is 1. The Bertz CT molecular complexity index is 1850. The number of ether oxygens (including phenoxy) is 1. The number of aromatic nitrogens is 1. The van der Waals surface area contributed by atoms with Gasteiger partial charge in [0.05, 0.1) is 5.54 Å². The highest BCUT2D eigenvalue weighted by Crippen LogP contribution is 2.36. The number of anilines is 1. The summed E-state index contributed by atoms with van der Waals surface area (Å²) in [6.07, 6.45) is 3.78. The summed E-state index contributed by atoms with van der Waals surface area (Å²) in [5.74, 6) is -2.70. The first-order chi connectivity index (χ1) is 23.4. The first-order valence-corrected chi connectivity index (χ1v) is 18.1. The number of carbonyl (C=O) groups is 3. The molecule has 20 heteroatoms. The van der Waals surface area contributed by atoms with Crippen LogP contribution in [0.15, 0.2) is 28.7 Å². The van der Waals surface area contributed by atoms with Crippen molar-refractivity contribution in [2.45, 2.75) is 101 Å². The number of aryl methyl sites for hydroxylation is 1. The number of oxime groups is 1. The molecule has 0 spiro atoms. The van der Waals surface area contributed by atoms with Crippen molar-refractivity contribution in [2.75, 3.05) is 5.73 Å². The van der Waals surface area contributed by atoms with Crippen molar-refractivity contribution in [1.82, 2.24) is 26.0 Å². The van der Waals surface area contributed by atoms with Gasteiger partial charge in [-0.05, 0) is 83.1 Å². The van der Waals surface area contributed by atoms with Gasteiger partial charge in [-0.25, -0.2) is 9.78 Å². The Morgan fingerprint density at radius 2 is 1.94 bits per heavy atom. The molecule has 5 heterocycles. The molecule has 6 rings (SSSR count). The zero-order chi connectivity index (χ0) is 36.2. The van der Waals surface area contributed by atoms with Gasteiger partial charge in [0, 0.05) is 29.1 Å². The minimum absolute atomic E-state index is 0.0620. The normalized spacial score (nSPS) is 26.9. The van der Waals surface area contributed by atoms with Crippen molar-refractivity contribution < 1.29 is 46.3 Å². The Kier molecular flexibility index (Phi) is 9.27. The maximum absolute atomic E-state index is 13.5. The first-order valence-electron chi connectivity index (χ1n) is 15.9. The largest absolute Gasteiger partial charge is 0.485 e. The fraction of sp³-hybridized carbons (Fsp3) is 0.533. The molecule has 8 N–H and O–H groups in total. The molecule has 4 aliphatic heterocycles. The van der Waals surface area contributed by atoms with E-state index in [2.05, 4.69) is 30.4 Å². The number of hydrogen-bond acceptors (Lipinski definition) is 14. The third kappa shape index (κ3) is 6.97. The van der Waals surface area contributed by atoms with Crippen LogP contribution in [0.2, 0.25) is 0 Å². The van der Waals surface area contributed by atoms with Crippen LogP contribution >= 0.6 is 11.3 Å². The number of nitrogens with zero attached hydrogens (tertiary/aromatic N) is 3. The fourth-order valence-corrected chi connectivity index (χ4v) is 7.79. The zero-order valence-corrected chi connectivity index (χ0v) is 29.0. The number of aliphatic carboxylic acids is 1. The molecule has 0 unspecified atom stereocenters. The van der Waals surface area contributed by atoms with E-state index in [9.17, 15) is 27.9 Å². The molecule has 4 aliphatic rings. The van der Waals surface area contributed by atoms with Crippen LogP contribution in [0, 0.1) is 5.41 Å². The lowest BCUT2D eigenvalue weighted by Gasteiger charge is -2.50. The summed E-state index contributed by atoms with van der Waals surface area (Å²) in [7, 11) is -5.03. The van der Waals surface area contributed by atoms with E-state index in [4.69, 9.17) is 25.3 Å². The van der Waals surface area contributed by atoms with Gasteiger partial charge in [0.25, 0.3) is 17.4 Å². The van der Waals surface area contributed by atoms with Crippen LogP contribution in [0.5, 0.6) is 5.75 Å². The summed E-state index contributed by atoms with van der Waals surface area (Å²) in [6.45, 7) is 4.00. The lowest BCUT2D eigenvalue weighted by molar-refractivity contribution is -0.218. The molecule has 0 radical (unpaired) electrons. The van der Waals surface area contributed by atoms with Crippen molar-refractivity contribution in [3.63, 3.8) is 0 Å². The van der Waals surface area contributed by atoms with Crippen molar-refractivity contribution in [1.29, 1.82) is 5.41 Å². The molecule has 1 aromatic heterocycles. The third-order valence-electron chi connectivity index (χ3n) is 9.58. The fourth-order valence-electron chi connectivity index (χ4n) is 6.79. The number of amidine groups is 1. The zero-order valence-electron chi connectivity index (χ0n) is 27.3. The Labute approximate surface area is 291 Å². The molecule has 2 aromatic rings. The van der Waals surface area contributed by atoms with Crippen LogP contribution in [0.3, 0.4) is 0 Å². The van der Waals surface area contributed by atoms with Crippen molar-refractivity contribution in [2.24, 2.45) is 5.16 Å². The highest BCUT2D eigenvalue weighted by atomic mass is 32.3. The molecule has 6 atom stereocenters. The number of carboxylic acid groups (broad SMARTS) is 1. The summed E-state index contributed by atoms with van der Waals surface area (Å²) in [4.78, 5) is 48.4. The van der Waals surface area contributed by atoms with E-state index in [-0.39, 0.29) is 23.3 Å². The number of β-lactam (4-membered cyclic amide) rings is 1. The van der Waals surface area contributed by atoms with Crippen LogP contribution in [0.4, 0.5) is 5.13 Å². The van der Waals surface area contributed by atoms with E-state index in [0.717, 1.165) is 42.6 Å². The van der Waals surface area contributed by atoms with E-state index < -0.39 is 57.2 Å². The minimum atomic E-state index is -5.03. The van der Waals surface area contributed by atoms with Gasteiger partial charge in [0.2, 0.25) is 0 Å². The van der Waals surface area contributed by atoms with Gasteiger partial charge in [-0.3, -0.25) is 19.6 Å². The summed E-state index contributed by atoms with van der Waals surface area (Å²) < 4.78 is 41.8. The molecular formula is C30H38N8O10S2. The number of nitrogens with two attached hydrogens (primary N) is 1. The summed E-state index contributed by atoms with van der Waals surface area (Å²) in [5.41, 5.74) is 3.11. The summed E-state index contributed by atoms with van der Waals surface area (Å²) in [5, 5.41) is 34.1. The van der Waals surface area contributed by atoms with Gasteiger partial charge in [0.15, 0.2) is 16.9 Å². The lowest BCUT2D eigenvalue weighted by Crippen LogP contribution is -2.76. The number of hydroxylamine groups is 2. The maximum atomic E-state index is 13.5. The van der Waals surface area contributed by atoms with E-state index in [0.29, 0.717) is 40.7 Å². The number of amides is 2. The third-order valence-corrected chi connectivity index (χ3v) is 10.6. The smallest absolute Gasteiger partial charge is 0.418 e. The number of benzene rings is 1. The Balaban J connectivity index is 1.17. The molecule has 50 heavy (non-hydrogen) atoms. The van der Waals surface area contributed by atoms with E-state index >= 15 is 0 Å². The first kappa shape index (κ1) is 35.5. The topological polar surface area (TPSA) is 268 Å². The van der Waals surface area contributed by atoms with Crippen molar-refractivity contribution >= 4 is 56.2 Å². The van der Waals surface area contributed by atoms with Crippen molar-refractivity contribution in [3.8, 4) is 5.75 Å². The second-order valence-corrected chi connectivity index (χ2v) is 15.4. The Morgan fingerprint density at radius 3 is 2.54 bits per heavy atom. The number of carbonyl (C=O) groups excluding carboxylic acids is 2. The predicted octanol–water partition coefficient (Wildman–Crippen LogP) is 0.721. The average molecular weight is 735 g/mol. The van der Waals surface area contributed by atoms with Gasteiger partial charge in [-0.15, -0.1) is 15.6 Å². The lowest BCUT2D eigenvalue weighted by atomic mass is 9.84. The van der Waals surface area contributed by atoms with Crippen LogP contribution < -0.4 is 26.4 Å². The maximum Gasteiger partial charge on any atom is 0.418 e. The van der Waals surface area contributed by atoms with Crippen LogP contribution in [0.1, 0.15) is 69.7 Å². The summed E-state index contributed by atoms with van der Waals surface area (Å²) >= 11 is 0.969. The molecule has 3 saturated heterocycles. The summed E-state index contributed by atoms with van der Waals surface area (Å²) in [6, 6.07) is 5.13.